The van der Waals surface area contributed by atoms with E-state index in [0.717, 1.165) is 11.1 Å². The van der Waals surface area contributed by atoms with Crippen LogP contribution in [0.3, 0.4) is 0 Å². The van der Waals surface area contributed by atoms with Gasteiger partial charge >= 0.3 is 36.0 Å². The standard InChI is InChI=1S/C25H27NO11.C2HF3O2/c1-26-9-8-24-20-12-2-3-13(27)21(20)37-22(24)14(6-7-25(24,34)16(26)10-12)35-18(30)4-5-19(31)36-15(23(32)33)11-17(28)29;3-2(4,5)1(6)7/h2-3,6,15-16,22,27,34H,4-5,7-11H2,1H3,(H,28,29)(H,32,33);(H,6,7)/t15?,16-,22+,24+,25-;/m1./s1. The lowest BCUT2D eigenvalue weighted by Crippen LogP contribution is -2.74. The zero-order valence-electron chi connectivity index (χ0n) is 23.0. The minimum atomic E-state index is -5.08. The number of likely N-dealkylation sites (N-methyl/N-ethyl adjacent to an activating group) is 1. The Morgan fingerprint density at radius 2 is 1.75 bits per heavy atom. The number of carboxylic acid groups (broad SMARTS) is 3. The molecule has 2 heterocycles. The summed E-state index contributed by atoms with van der Waals surface area (Å²) in [6.45, 7) is 0.662. The fourth-order valence-electron chi connectivity index (χ4n) is 6.38. The molecule has 5 atom stereocenters. The Kier molecular flexibility index (Phi) is 8.58. The van der Waals surface area contributed by atoms with Crippen molar-refractivity contribution in [1.82, 2.24) is 4.90 Å². The van der Waals surface area contributed by atoms with Gasteiger partial charge in [-0.25, -0.2) is 9.59 Å². The molecule has 1 fully saturated rings. The van der Waals surface area contributed by atoms with Crippen molar-refractivity contribution in [2.75, 3.05) is 13.6 Å². The highest BCUT2D eigenvalue weighted by Crippen LogP contribution is 2.65. The van der Waals surface area contributed by atoms with Crippen molar-refractivity contribution in [2.45, 2.75) is 74.0 Å². The second kappa shape index (κ2) is 11.6. The van der Waals surface area contributed by atoms with E-state index < -0.39 is 78.5 Å². The van der Waals surface area contributed by atoms with Crippen molar-refractivity contribution in [3.8, 4) is 11.5 Å². The van der Waals surface area contributed by atoms with Crippen LogP contribution in [0.4, 0.5) is 13.2 Å². The number of nitrogens with zero attached hydrogens (tertiary/aromatic N) is 1. The lowest BCUT2D eigenvalue weighted by molar-refractivity contribution is -0.192. The van der Waals surface area contributed by atoms with Crippen LogP contribution in [-0.4, -0.2) is 104 Å². The fraction of sp³-hybridized carbons (Fsp3) is 0.519. The molecule has 5 N–H and O–H groups in total. The first-order chi connectivity index (χ1) is 20.4. The number of likely N-dealkylation sites (tertiary alicyclic amines) is 1. The summed E-state index contributed by atoms with van der Waals surface area (Å²) in [5, 5.41) is 47.5. The van der Waals surface area contributed by atoms with Gasteiger partial charge < -0.3 is 44.6 Å². The number of halogens is 3. The molecular formula is C27H28F3NO13. The van der Waals surface area contributed by atoms with Gasteiger partial charge in [-0.05, 0) is 44.1 Å². The number of esters is 2. The molecule has 17 heteroatoms. The molecule has 2 aliphatic heterocycles. The average Bonchev–Trinajstić information content (AvgIpc) is 3.28. The van der Waals surface area contributed by atoms with Gasteiger partial charge in [-0.15, -0.1) is 0 Å². The zero-order chi connectivity index (χ0) is 32.8. The minimum Gasteiger partial charge on any atom is -0.504 e. The molecule has 0 saturated carbocycles. The molecule has 0 radical (unpaired) electrons. The number of aromatic hydroxyl groups is 1. The number of carboxylic acids is 3. The van der Waals surface area contributed by atoms with E-state index in [1.165, 1.54) is 0 Å². The van der Waals surface area contributed by atoms with Gasteiger partial charge in [0.1, 0.15) is 5.76 Å². The Hall–Kier alpha value is -4.38. The second-order valence-corrected chi connectivity index (χ2v) is 10.8. The second-order valence-electron chi connectivity index (χ2n) is 10.8. The number of carbonyl (C=O) groups excluding carboxylic acids is 2. The lowest BCUT2D eigenvalue weighted by atomic mass is 9.50. The van der Waals surface area contributed by atoms with Crippen LogP contribution >= 0.6 is 0 Å². The summed E-state index contributed by atoms with van der Waals surface area (Å²) in [7, 11) is 1.95. The molecule has 1 spiro atoms. The molecule has 0 aromatic heterocycles. The van der Waals surface area contributed by atoms with Gasteiger partial charge in [-0.1, -0.05) is 6.07 Å². The third-order valence-corrected chi connectivity index (χ3v) is 8.27. The van der Waals surface area contributed by atoms with Crippen molar-refractivity contribution in [3.63, 3.8) is 0 Å². The van der Waals surface area contributed by atoms with Crippen molar-refractivity contribution >= 4 is 29.8 Å². The SMILES string of the molecule is CN1CC[C@]23c4c5ccc(O)c4O[C@H]2C(OC(=O)CCC(=O)OC(CC(=O)O)C(=O)O)=CC[C@@]3(O)[C@H]1C5.O=C(O)C(F)(F)F. The van der Waals surface area contributed by atoms with Crippen molar-refractivity contribution in [1.29, 1.82) is 0 Å². The van der Waals surface area contributed by atoms with E-state index in [1.54, 1.807) is 12.1 Å². The smallest absolute Gasteiger partial charge is 0.490 e. The molecule has 14 nitrogen and oxygen atoms in total. The predicted molar refractivity (Wildman–Crippen MR) is 135 cm³/mol. The van der Waals surface area contributed by atoms with E-state index in [9.17, 15) is 42.6 Å². The van der Waals surface area contributed by atoms with Crippen molar-refractivity contribution in [2.24, 2.45) is 0 Å². The molecule has 1 saturated heterocycles. The highest BCUT2D eigenvalue weighted by Gasteiger charge is 2.72. The number of benzene rings is 1. The number of hydrogen-bond acceptors (Lipinski definition) is 11. The van der Waals surface area contributed by atoms with E-state index in [4.69, 9.17) is 29.6 Å². The van der Waals surface area contributed by atoms with Crippen molar-refractivity contribution < 1.29 is 76.9 Å². The van der Waals surface area contributed by atoms with Gasteiger partial charge in [0.15, 0.2) is 17.6 Å². The van der Waals surface area contributed by atoms with E-state index in [1.807, 2.05) is 13.1 Å². The molecule has 2 bridgehead atoms. The van der Waals surface area contributed by atoms with Crippen LogP contribution in [0.2, 0.25) is 0 Å². The Morgan fingerprint density at radius 1 is 1.11 bits per heavy atom. The number of rotatable bonds is 8. The van der Waals surface area contributed by atoms with Gasteiger partial charge in [0.25, 0.3) is 0 Å². The van der Waals surface area contributed by atoms with Crippen LogP contribution in [-0.2, 0) is 45.3 Å². The number of piperidine rings is 1. The summed E-state index contributed by atoms with van der Waals surface area (Å²) in [6, 6.07) is 3.18. The number of aliphatic carboxylic acids is 3. The molecule has 1 unspecified atom stereocenters. The molecule has 4 aliphatic rings. The van der Waals surface area contributed by atoms with Crippen LogP contribution in [0, 0.1) is 0 Å². The maximum absolute atomic E-state index is 12.6. The molecule has 44 heavy (non-hydrogen) atoms. The quantitative estimate of drug-likeness (QED) is 0.254. The van der Waals surface area contributed by atoms with Gasteiger partial charge in [-0.3, -0.25) is 14.4 Å². The molecule has 240 valence electrons. The minimum absolute atomic E-state index is 0.0648. The maximum atomic E-state index is 12.6. The van der Waals surface area contributed by atoms with Crippen LogP contribution < -0.4 is 4.74 Å². The van der Waals surface area contributed by atoms with Gasteiger partial charge in [0, 0.05) is 18.0 Å². The monoisotopic (exact) mass is 631 g/mol. The Labute approximate surface area is 246 Å². The summed E-state index contributed by atoms with van der Waals surface area (Å²) in [6.07, 6.45) is -6.81. The third kappa shape index (κ3) is 5.63. The number of ether oxygens (including phenoxy) is 3. The molecule has 1 aromatic carbocycles. The Bertz CT molecular complexity index is 1430. The topological polar surface area (TPSA) is 217 Å². The number of carbonyl (C=O) groups is 5. The first kappa shape index (κ1) is 32.5. The third-order valence-electron chi connectivity index (χ3n) is 8.27. The average molecular weight is 632 g/mol. The first-order valence-electron chi connectivity index (χ1n) is 13.2. The summed E-state index contributed by atoms with van der Waals surface area (Å²) < 4.78 is 48.2. The van der Waals surface area contributed by atoms with Crippen LogP contribution in [0.1, 0.15) is 43.2 Å². The summed E-state index contributed by atoms with van der Waals surface area (Å²) in [5.41, 5.74) is -0.443. The van der Waals surface area contributed by atoms with Gasteiger partial charge in [0.05, 0.1) is 30.3 Å². The maximum Gasteiger partial charge on any atom is 0.490 e. The number of aliphatic hydroxyl groups is 1. The number of hydrogen-bond donors (Lipinski definition) is 5. The van der Waals surface area contributed by atoms with Crippen LogP contribution in [0.15, 0.2) is 24.0 Å². The molecule has 1 aromatic rings. The Morgan fingerprint density at radius 3 is 2.34 bits per heavy atom. The van der Waals surface area contributed by atoms with Crippen molar-refractivity contribution in [3.05, 3.63) is 35.1 Å². The zero-order valence-corrected chi connectivity index (χ0v) is 23.0. The largest absolute Gasteiger partial charge is 0.504 e. The first-order valence-corrected chi connectivity index (χ1v) is 13.2. The van der Waals surface area contributed by atoms with E-state index in [0.29, 0.717) is 19.4 Å². The van der Waals surface area contributed by atoms with E-state index in [-0.39, 0.29) is 29.7 Å². The summed E-state index contributed by atoms with van der Waals surface area (Å²) >= 11 is 0. The predicted octanol–water partition coefficient (Wildman–Crippen LogP) is 1.10. The highest BCUT2D eigenvalue weighted by molar-refractivity contribution is 5.84. The lowest BCUT2D eigenvalue weighted by Gasteiger charge is -2.61. The fourth-order valence-corrected chi connectivity index (χ4v) is 6.38. The normalized spacial score (nSPS) is 26.9. The van der Waals surface area contributed by atoms with E-state index in [2.05, 4.69) is 9.64 Å². The number of phenolic OH excluding ortho intramolecular Hbond substituents is 1. The van der Waals surface area contributed by atoms with Gasteiger partial charge in [0.2, 0.25) is 6.10 Å². The summed E-state index contributed by atoms with van der Waals surface area (Å²) in [4.78, 5) is 57.5. The van der Waals surface area contributed by atoms with E-state index >= 15 is 0 Å². The molecule has 2 aliphatic carbocycles. The molecule has 0 amide bonds. The van der Waals surface area contributed by atoms with Crippen LogP contribution in [0.5, 0.6) is 11.5 Å². The molecular weight excluding hydrogens is 603 g/mol. The number of phenols is 1. The molecule has 5 rings (SSSR count). The Balaban J connectivity index is 0.000000566. The summed E-state index contributed by atoms with van der Waals surface area (Å²) in [5.74, 6) is -7.30. The van der Waals surface area contributed by atoms with Crippen LogP contribution in [0.25, 0.3) is 0 Å². The highest BCUT2D eigenvalue weighted by atomic mass is 19.4. The van der Waals surface area contributed by atoms with Gasteiger partial charge in [-0.2, -0.15) is 13.2 Å². The number of alkyl halides is 3.